The summed E-state index contributed by atoms with van der Waals surface area (Å²) in [4.78, 5) is 0. The van der Waals surface area contributed by atoms with Gasteiger partial charge in [0.15, 0.2) is 0 Å². The summed E-state index contributed by atoms with van der Waals surface area (Å²) in [5, 5.41) is 3.51. The molecule has 0 aromatic heterocycles. The van der Waals surface area contributed by atoms with E-state index < -0.39 is 0 Å². The second-order valence-corrected chi connectivity index (χ2v) is 5.40. The average molecular weight is 299 g/mol. The smallest absolute Gasteiger partial charge is 0.0335 e. The minimum absolute atomic E-state index is 0.666. The van der Waals surface area contributed by atoms with Crippen molar-refractivity contribution in [2.24, 2.45) is 0 Å². The van der Waals surface area contributed by atoms with E-state index >= 15 is 0 Å². The topological polar surface area (TPSA) is 12.0 Å². The van der Waals surface area contributed by atoms with Crippen LogP contribution >= 0.6 is 22.6 Å². The zero-order valence-corrected chi connectivity index (χ0v) is 10.3. The molecule has 1 N–H and O–H groups in total. The van der Waals surface area contributed by atoms with Crippen LogP contribution in [0.4, 0.5) is 0 Å². The van der Waals surface area contributed by atoms with Crippen molar-refractivity contribution in [2.45, 2.75) is 31.7 Å². The molecule has 2 aliphatic rings. The maximum Gasteiger partial charge on any atom is 0.0335 e. The zero-order chi connectivity index (χ0) is 9.54. The molecule has 1 unspecified atom stereocenters. The van der Waals surface area contributed by atoms with Crippen LogP contribution in [0.5, 0.6) is 0 Å². The zero-order valence-electron chi connectivity index (χ0n) is 8.15. The molecule has 1 nitrogen and oxygen atoms in total. The monoisotopic (exact) mass is 299 g/mol. The Bertz CT molecular complexity index is 369. The number of nitrogens with one attached hydrogen (secondary N) is 1. The Hall–Kier alpha value is -0.0900. The molecule has 1 aromatic carbocycles. The van der Waals surface area contributed by atoms with E-state index in [-0.39, 0.29) is 0 Å². The predicted octanol–water partition coefficient (Wildman–Crippen LogP) is 2.81. The summed E-state index contributed by atoms with van der Waals surface area (Å²) in [6.45, 7) is 1.20. The van der Waals surface area contributed by atoms with Gasteiger partial charge >= 0.3 is 0 Å². The van der Waals surface area contributed by atoms with E-state index in [2.05, 4.69) is 40.0 Å². The van der Waals surface area contributed by atoms with Gasteiger partial charge in [0.25, 0.3) is 0 Å². The van der Waals surface area contributed by atoms with E-state index in [1.807, 2.05) is 0 Å². The maximum absolute atomic E-state index is 3.51. The molecule has 1 fully saturated rings. The van der Waals surface area contributed by atoms with Crippen LogP contribution in [-0.2, 0) is 12.8 Å². The standard InChI is InChI=1S/C12H14IN/c13-11-5-4-10(12-6-7-14-12)8-2-1-3-9(8)11/h4-5,12,14H,1-3,6-7H2. The van der Waals surface area contributed by atoms with E-state index in [1.165, 1.54) is 35.8 Å². The van der Waals surface area contributed by atoms with E-state index in [9.17, 15) is 0 Å². The van der Waals surface area contributed by atoms with Gasteiger partial charge in [-0.25, -0.2) is 0 Å². The fourth-order valence-corrected chi connectivity index (χ4v) is 3.35. The summed E-state index contributed by atoms with van der Waals surface area (Å²) in [6.07, 6.45) is 5.29. The van der Waals surface area contributed by atoms with E-state index in [4.69, 9.17) is 0 Å². The van der Waals surface area contributed by atoms with Gasteiger partial charge in [0.05, 0.1) is 0 Å². The second-order valence-electron chi connectivity index (χ2n) is 4.24. The third-order valence-electron chi connectivity index (χ3n) is 3.46. The molecule has 0 spiro atoms. The highest BCUT2D eigenvalue weighted by molar-refractivity contribution is 14.1. The number of fused-ring (bicyclic) bond motifs is 1. The van der Waals surface area contributed by atoms with Gasteiger partial charge < -0.3 is 5.32 Å². The molecule has 0 radical (unpaired) electrons. The van der Waals surface area contributed by atoms with Crippen molar-refractivity contribution in [2.75, 3.05) is 6.54 Å². The molecule has 3 rings (SSSR count). The molecule has 14 heavy (non-hydrogen) atoms. The van der Waals surface area contributed by atoms with Gasteiger partial charge in [0.1, 0.15) is 0 Å². The van der Waals surface area contributed by atoms with Crippen LogP contribution in [0.3, 0.4) is 0 Å². The normalized spacial score (nSPS) is 24.5. The highest BCUT2D eigenvalue weighted by Crippen LogP contribution is 2.35. The Balaban J connectivity index is 2.08. The van der Waals surface area contributed by atoms with Gasteiger partial charge in [-0.2, -0.15) is 0 Å². The van der Waals surface area contributed by atoms with Gasteiger partial charge in [-0.1, -0.05) is 6.07 Å². The van der Waals surface area contributed by atoms with Crippen molar-refractivity contribution < 1.29 is 0 Å². The van der Waals surface area contributed by atoms with Crippen molar-refractivity contribution in [1.82, 2.24) is 5.32 Å². The number of benzene rings is 1. The third-order valence-corrected chi connectivity index (χ3v) is 4.47. The molecule has 1 aliphatic carbocycles. The Morgan fingerprint density at radius 1 is 1.21 bits per heavy atom. The molecule has 74 valence electrons. The molecule has 0 bridgehead atoms. The Morgan fingerprint density at radius 2 is 2.00 bits per heavy atom. The summed E-state index contributed by atoms with van der Waals surface area (Å²) in [5.74, 6) is 0. The lowest BCUT2D eigenvalue weighted by Crippen LogP contribution is -2.35. The van der Waals surface area contributed by atoms with Crippen molar-refractivity contribution >= 4 is 22.6 Å². The van der Waals surface area contributed by atoms with Crippen LogP contribution in [0.15, 0.2) is 12.1 Å². The lowest BCUT2D eigenvalue weighted by Gasteiger charge is -2.30. The second kappa shape index (κ2) is 3.49. The first-order valence-corrected chi connectivity index (χ1v) is 6.47. The first-order valence-electron chi connectivity index (χ1n) is 5.40. The van der Waals surface area contributed by atoms with Crippen molar-refractivity contribution in [3.8, 4) is 0 Å². The molecule has 1 aliphatic heterocycles. The number of rotatable bonds is 1. The van der Waals surface area contributed by atoms with Crippen LogP contribution < -0.4 is 5.32 Å². The lowest BCUT2D eigenvalue weighted by atomic mass is 9.92. The highest BCUT2D eigenvalue weighted by Gasteiger charge is 2.25. The molecule has 1 aromatic rings. The van der Waals surface area contributed by atoms with E-state index in [0.29, 0.717) is 6.04 Å². The first-order chi connectivity index (χ1) is 6.86. The molecule has 1 atom stereocenters. The van der Waals surface area contributed by atoms with E-state index in [1.54, 1.807) is 16.7 Å². The number of hydrogen-bond acceptors (Lipinski definition) is 1. The SMILES string of the molecule is Ic1ccc(C2CCN2)c2c1CCC2. The third kappa shape index (κ3) is 1.31. The summed E-state index contributed by atoms with van der Waals surface area (Å²) < 4.78 is 1.47. The highest BCUT2D eigenvalue weighted by atomic mass is 127. The molecule has 2 heteroatoms. The minimum atomic E-state index is 0.666. The minimum Gasteiger partial charge on any atom is -0.310 e. The van der Waals surface area contributed by atoms with E-state index in [0.717, 1.165) is 0 Å². The van der Waals surface area contributed by atoms with Gasteiger partial charge in [-0.15, -0.1) is 0 Å². The van der Waals surface area contributed by atoms with Gasteiger partial charge in [0.2, 0.25) is 0 Å². The van der Waals surface area contributed by atoms with Crippen LogP contribution in [0, 0.1) is 3.57 Å². The lowest BCUT2D eigenvalue weighted by molar-refractivity contribution is 0.381. The molecule has 0 saturated carbocycles. The van der Waals surface area contributed by atoms with Crippen LogP contribution in [0.25, 0.3) is 0 Å². The summed E-state index contributed by atoms with van der Waals surface area (Å²) in [7, 11) is 0. The quantitative estimate of drug-likeness (QED) is 0.786. The summed E-state index contributed by atoms with van der Waals surface area (Å²) in [6, 6.07) is 5.29. The molecular weight excluding hydrogens is 285 g/mol. The predicted molar refractivity (Wildman–Crippen MR) is 66.5 cm³/mol. The average Bonchev–Trinajstić information content (AvgIpc) is 2.55. The van der Waals surface area contributed by atoms with Crippen LogP contribution in [0.1, 0.15) is 35.6 Å². The fraction of sp³-hybridized carbons (Fsp3) is 0.500. The van der Waals surface area contributed by atoms with Crippen molar-refractivity contribution in [3.63, 3.8) is 0 Å². The Morgan fingerprint density at radius 3 is 2.71 bits per heavy atom. The fourth-order valence-electron chi connectivity index (χ4n) is 2.57. The Kier molecular flexibility index (Phi) is 2.28. The molecule has 1 heterocycles. The van der Waals surface area contributed by atoms with Gasteiger partial charge in [0, 0.05) is 9.61 Å². The summed E-state index contributed by atoms with van der Waals surface area (Å²) in [5.41, 5.74) is 4.88. The van der Waals surface area contributed by atoms with Gasteiger partial charge in [-0.05, 0) is 77.6 Å². The molecular formula is C12H14IN. The number of halogens is 1. The first kappa shape index (κ1) is 9.16. The number of hydrogen-bond donors (Lipinski definition) is 1. The van der Waals surface area contributed by atoms with Crippen molar-refractivity contribution in [3.05, 3.63) is 32.4 Å². The molecule has 1 saturated heterocycles. The summed E-state index contributed by atoms with van der Waals surface area (Å²) >= 11 is 2.48. The largest absolute Gasteiger partial charge is 0.310 e. The van der Waals surface area contributed by atoms with Crippen LogP contribution in [-0.4, -0.2) is 6.54 Å². The van der Waals surface area contributed by atoms with Crippen LogP contribution in [0.2, 0.25) is 0 Å². The Labute approximate surface area is 98.4 Å². The van der Waals surface area contributed by atoms with Crippen molar-refractivity contribution in [1.29, 1.82) is 0 Å². The van der Waals surface area contributed by atoms with Gasteiger partial charge in [-0.3, -0.25) is 0 Å². The molecule has 0 amide bonds. The maximum atomic E-state index is 3.51.